The van der Waals surface area contributed by atoms with Gasteiger partial charge in [-0.15, -0.1) is 0 Å². The molecule has 0 bridgehead atoms. The van der Waals surface area contributed by atoms with Crippen molar-refractivity contribution in [2.75, 3.05) is 11.9 Å². The average molecular weight is 670 g/mol. The lowest BCUT2D eigenvalue weighted by atomic mass is 9.81. The molecule has 15 heteroatoms. The van der Waals surface area contributed by atoms with Gasteiger partial charge in [-0.25, -0.2) is 14.0 Å². The maximum atomic E-state index is 14.1. The van der Waals surface area contributed by atoms with E-state index in [9.17, 15) is 55.3 Å². The van der Waals surface area contributed by atoms with Crippen LogP contribution in [0, 0.1) is 12.7 Å². The maximum absolute atomic E-state index is 14.1. The first kappa shape index (κ1) is 35.2. The number of likely N-dealkylation sites (N-methyl/N-ethyl adjacent to an activating group) is 1. The van der Waals surface area contributed by atoms with Gasteiger partial charge >= 0.3 is 24.4 Å². The first-order valence-electron chi connectivity index (χ1n) is 14.1. The molecule has 0 unspecified atom stereocenters. The number of aliphatic carboxylic acids is 1. The van der Waals surface area contributed by atoms with Gasteiger partial charge in [-0.2, -0.15) is 26.3 Å². The van der Waals surface area contributed by atoms with Crippen LogP contribution < -0.4 is 4.90 Å². The van der Waals surface area contributed by atoms with Gasteiger partial charge in [0.05, 0.1) is 40.2 Å². The molecule has 4 rings (SSSR count). The Morgan fingerprint density at radius 2 is 1.47 bits per heavy atom. The first-order chi connectivity index (χ1) is 21.5. The zero-order chi connectivity index (χ0) is 35.4. The Bertz CT molecular complexity index is 1720. The second-order valence-corrected chi connectivity index (χ2v) is 12.2. The molecule has 8 nitrogen and oxygen atoms in total. The Hall–Kier alpha value is -4.69. The van der Waals surface area contributed by atoms with Crippen molar-refractivity contribution in [3.8, 4) is 11.1 Å². The van der Waals surface area contributed by atoms with Crippen LogP contribution in [0.15, 0.2) is 48.7 Å². The molecule has 2 N–H and O–H groups in total. The Morgan fingerprint density at radius 3 is 1.96 bits per heavy atom. The van der Waals surface area contributed by atoms with E-state index < -0.39 is 69.8 Å². The highest BCUT2D eigenvalue weighted by Gasteiger charge is 2.52. The van der Waals surface area contributed by atoms with Crippen LogP contribution in [-0.4, -0.2) is 50.7 Å². The number of benzene rings is 2. The fraction of sp³-hybridized carbons (Fsp3) is 0.375. The third-order valence-corrected chi connectivity index (χ3v) is 8.65. The average Bonchev–Trinajstić information content (AvgIpc) is 3.34. The van der Waals surface area contributed by atoms with Crippen LogP contribution in [0.3, 0.4) is 0 Å². The highest BCUT2D eigenvalue weighted by molar-refractivity contribution is 6.03. The summed E-state index contributed by atoms with van der Waals surface area (Å²) in [6.07, 6.45) is -10.6. The summed E-state index contributed by atoms with van der Waals surface area (Å²) in [5.41, 5.74) is -6.43. The number of nitrogens with zero attached hydrogens (tertiary/aromatic N) is 3. The van der Waals surface area contributed by atoms with Crippen molar-refractivity contribution in [3.63, 3.8) is 0 Å². The van der Waals surface area contributed by atoms with Crippen LogP contribution in [-0.2, 0) is 27.4 Å². The van der Waals surface area contributed by atoms with Crippen molar-refractivity contribution in [2.45, 2.75) is 69.9 Å². The van der Waals surface area contributed by atoms with E-state index >= 15 is 0 Å². The number of anilines is 1. The van der Waals surface area contributed by atoms with E-state index in [-0.39, 0.29) is 35.9 Å². The van der Waals surface area contributed by atoms with E-state index in [0.29, 0.717) is 23.3 Å². The molecule has 1 saturated heterocycles. The molecule has 2 atom stereocenters. The number of aromatic nitrogens is 1. The summed E-state index contributed by atoms with van der Waals surface area (Å²) < 4.78 is 95.8. The van der Waals surface area contributed by atoms with Crippen molar-refractivity contribution >= 4 is 23.7 Å². The fourth-order valence-corrected chi connectivity index (χ4v) is 5.87. The molecule has 3 aromatic rings. The number of alkyl halides is 6. The minimum atomic E-state index is -5.14. The summed E-state index contributed by atoms with van der Waals surface area (Å²) in [6.45, 7) is 5.15. The SMILES string of the molecule is Cc1cc(F)ccc1-c1cc([C@@H]2CC[C@](C)(C(=O)O)N2C(=O)O)ncc1N(C)C(=O)C(C)(C)c1cc(C(F)(F)F)cc(C(F)(F)F)c1. The van der Waals surface area contributed by atoms with E-state index in [1.807, 2.05) is 0 Å². The second-order valence-electron chi connectivity index (χ2n) is 12.2. The van der Waals surface area contributed by atoms with Gasteiger partial charge in [0.1, 0.15) is 11.4 Å². The largest absolute Gasteiger partial charge is 0.480 e. The highest BCUT2D eigenvalue weighted by Crippen LogP contribution is 2.45. The second kappa shape index (κ2) is 11.8. The van der Waals surface area contributed by atoms with E-state index in [1.165, 1.54) is 52.2 Å². The van der Waals surface area contributed by atoms with Gasteiger partial charge < -0.3 is 15.1 Å². The fourth-order valence-electron chi connectivity index (χ4n) is 5.87. The summed E-state index contributed by atoms with van der Waals surface area (Å²) in [4.78, 5) is 44.3. The first-order valence-corrected chi connectivity index (χ1v) is 14.1. The van der Waals surface area contributed by atoms with Gasteiger partial charge in [-0.3, -0.25) is 14.7 Å². The van der Waals surface area contributed by atoms with Crippen molar-refractivity contribution in [1.29, 1.82) is 0 Å². The number of carbonyl (C=O) groups is 3. The molecule has 2 aromatic carbocycles. The predicted octanol–water partition coefficient (Wildman–Crippen LogP) is 7.83. The van der Waals surface area contributed by atoms with Crippen LogP contribution >= 0.6 is 0 Å². The molecular weight excluding hydrogens is 639 g/mol. The zero-order valence-electron chi connectivity index (χ0n) is 25.7. The molecule has 1 aliphatic rings. The molecule has 0 radical (unpaired) electrons. The standard InChI is InChI=1S/C32H30F7N3O5/c1-16-10-20(33)6-7-21(16)22-14-23(24-8-9-30(4,27(44)45)42(24)28(46)47)40-15-25(22)41(5)26(43)29(2,3)17-11-18(31(34,35)36)13-19(12-17)32(37,38)39/h6-7,10-15,24H,8-9H2,1-5H3,(H,44,45)(H,46,47)/t24-,30+/m0/s1. The highest BCUT2D eigenvalue weighted by atomic mass is 19.4. The number of carbonyl (C=O) groups excluding carboxylic acids is 1. The zero-order valence-corrected chi connectivity index (χ0v) is 25.7. The number of rotatable bonds is 6. The molecule has 0 saturated carbocycles. The predicted molar refractivity (Wildman–Crippen MR) is 155 cm³/mol. The number of hydrogen-bond acceptors (Lipinski definition) is 4. The molecule has 47 heavy (non-hydrogen) atoms. The number of amides is 2. The molecule has 0 spiro atoms. The van der Waals surface area contributed by atoms with E-state index in [2.05, 4.69) is 4.98 Å². The normalized spacial score (nSPS) is 18.7. The Balaban J connectivity index is 1.87. The number of hydrogen-bond donors (Lipinski definition) is 2. The molecule has 0 aliphatic carbocycles. The summed E-state index contributed by atoms with van der Waals surface area (Å²) in [7, 11) is 1.24. The van der Waals surface area contributed by atoms with Gasteiger partial charge in [0, 0.05) is 12.6 Å². The van der Waals surface area contributed by atoms with E-state index in [4.69, 9.17) is 0 Å². The number of carboxylic acid groups (broad SMARTS) is 2. The molecule has 252 valence electrons. The summed E-state index contributed by atoms with van der Waals surface area (Å²) >= 11 is 0. The van der Waals surface area contributed by atoms with Crippen LogP contribution in [0.2, 0.25) is 0 Å². The molecule has 2 amide bonds. The number of aryl methyl sites for hydroxylation is 1. The topological polar surface area (TPSA) is 111 Å². The lowest BCUT2D eigenvalue weighted by Crippen LogP contribution is -2.51. The number of likely N-dealkylation sites (tertiary alicyclic amines) is 1. The smallest absolute Gasteiger partial charge is 0.416 e. The molecule has 1 fully saturated rings. The van der Waals surface area contributed by atoms with Crippen LogP contribution in [0.5, 0.6) is 0 Å². The third kappa shape index (κ3) is 6.47. The summed E-state index contributed by atoms with van der Waals surface area (Å²) in [6, 6.07) is 4.99. The number of carboxylic acids is 1. The van der Waals surface area contributed by atoms with Crippen LogP contribution in [0.25, 0.3) is 11.1 Å². The quantitative estimate of drug-likeness (QED) is 0.259. The summed E-state index contributed by atoms with van der Waals surface area (Å²) in [5.74, 6) is -2.89. The minimum absolute atomic E-state index is 0.0189. The van der Waals surface area contributed by atoms with Gasteiger partial charge in [0.25, 0.3) is 0 Å². The van der Waals surface area contributed by atoms with Crippen molar-refractivity contribution in [1.82, 2.24) is 9.88 Å². The van der Waals surface area contributed by atoms with E-state index in [0.717, 1.165) is 15.9 Å². The molecule has 1 aliphatic heterocycles. The molecule has 2 heterocycles. The Labute approximate surface area is 264 Å². The van der Waals surface area contributed by atoms with Gasteiger partial charge in [-0.1, -0.05) is 6.07 Å². The maximum Gasteiger partial charge on any atom is 0.416 e. The van der Waals surface area contributed by atoms with Gasteiger partial charge in [0.2, 0.25) is 5.91 Å². The van der Waals surface area contributed by atoms with Crippen LogP contribution in [0.1, 0.15) is 67.6 Å². The van der Waals surface area contributed by atoms with Crippen molar-refractivity contribution in [3.05, 3.63) is 82.4 Å². The van der Waals surface area contributed by atoms with Gasteiger partial charge in [0.15, 0.2) is 0 Å². The molecular formula is C32H30F7N3O5. The lowest BCUT2D eigenvalue weighted by molar-refractivity contribution is -0.148. The number of pyridine rings is 1. The lowest BCUT2D eigenvalue weighted by Gasteiger charge is -2.34. The Kier molecular flexibility index (Phi) is 8.86. The van der Waals surface area contributed by atoms with Crippen molar-refractivity contribution < 1.29 is 55.3 Å². The third-order valence-electron chi connectivity index (χ3n) is 8.65. The minimum Gasteiger partial charge on any atom is -0.480 e. The summed E-state index contributed by atoms with van der Waals surface area (Å²) in [5, 5.41) is 19.7. The van der Waals surface area contributed by atoms with Gasteiger partial charge in [-0.05, 0) is 93.6 Å². The Morgan fingerprint density at radius 1 is 0.915 bits per heavy atom. The number of halogens is 7. The molecule has 1 aromatic heterocycles. The monoisotopic (exact) mass is 669 g/mol. The van der Waals surface area contributed by atoms with E-state index in [1.54, 1.807) is 6.92 Å². The van der Waals surface area contributed by atoms with Crippen molar-refractivity contribution in [2.24, 2.45) is 0 Å². The van der Waals surface area contributed by atoms with Crippen LogP contribution in [0.4, 0.5) is 41.2 Å².